The summed E-state index contributed by atoms with van der Waals surface area (Å²) in [5.74, 6) is -2.51. The van der Waals surface area contributed by atoms with Crippen LogP contribution in [0.15, 0.2) is 0 Å². The van der Waals surface area contributed by atoms with Crippen LogP contribution in [0.3, 0.4) is 0 Å². The third kappa shape index (κ3) is 6.40. The molecule has 0 amide bonds. The van der Waals surface area contributed by atoms with Crippen molar-refractivity contribution in [1.82, 2.24) is 0 Å². The third-order valence-corrected chi connectivity index (χ3v) is 2.56. The van der Waals surface area contributed by atoms with Gasteiger partial charge in [-0.15, -0.1) is 13.2 Å². The maximum absolute atomic E-state index is 12.2. The highest BCUT2D eigenvalue weighted by molar-refractivity contribution is 5.68. The Morgan fingerprint density at radius 2 is 1.39 bits per heavy atom. The Hall–Kier alpha value is -1.88. The van der Waals surface area contributed by atoms with Gasteiger partial charge in [0.05, 0.1) is 6.61 Å². The molecule has 1 rings (SSSR count). The van der Waals surface area contributed by atoms with Gasteiger partial charge in [-0.3, -0.25) is 19.1 Å². The molecule has 1 heterocycles. The highest BCUT2D eigenvalue weighted by Crippen LogP contribution is 2.30. The Labute approximate surface area is 128 Å². The summed E-state index contributed by atoms with van der Waals surface area (Å²) in [5.41, 5.74) is 0. The zero-order valence-corrected chi connectivity index (χ0v) is 12.4. The number of alkyl halides is 3. The van der Waals surface area contributed by atoms with Crippen molar-refractivity contribution in [3.63, 3.8) is 0 Å². The number of hydrogen-bond donors (Lipinski definition) is 0. The van der Waals surface area contributed by atoms with Crippen molar-refractivity contribution in [2.45, 2.75) is 51.7 Å². The van der Waals surface area contributed by atoms with Gasteiger partial charge < -0.3 is 18.9 Å². The van der Waals surface area contributed by atoms with E-state index >= 15 is 0 Å². The van der Waals surface area contributed by atoms with E-state index in [-0.39, 0.29) is 0 Å². The molecule has 23 heavy (non-hydrogen) atoms. The quantitative estimate of drug-likeness (QED) is 0.530. The fraction of sp³-hybridized carbons (Fsp3) is 0.750. The number of carbonyl (C=O) groups excluding carboxylic acids is 3. The molecule has 0 aliphatic carbocycles. The first-order valence-corrected chi connectivity index (χ1v) is 6.37. The first-order valence-electron chi connectivity index (χ1n) is 6.37. The largest absolute Gasteiger partial charge is 0.522 e. The van der Waals surface area contributed by atoms with Gasteiger partial charge in [0, 0.05) is 20.8 Å². The van der Waals surface area contributed by atoms with Gasteiger partial charge >= 0.3 is 24.3 Å². The van der Waals surface area contributed by atoms with Crippen LogP contribution in [0, 0.1) is 0 Å². The van der Waals surface area contributed by atoms with Crippen LogP contribution in [-0.4, -0.2) is 55.5 Å². The Bertz CT molecular complexity index is 464. The van der Waals surface area contributed by atoms with Gasteiger partial charge in [-0.1, -0.05) is 0 Å². The minimum atomic E-state index is -4.94. The molecule has 0 bridgehead atoms. The van der Waals surface area contributed by atoms with Crippen LogP contribution in [0.1, 0.15) is 20.8 Å². The van der Waals surface area contributed by atoms with Crippen LogP contribution < -0.4 is 0 Å². The first-order chi connectivity index (χ1) is 10.5. The summed E-state index contributed by atoms with van der Waals surface area (Å²) in [4.78, 5) is 33.3. The summed E-state index contributed by atoms with van der Waals surface area (Å²) in [5, 5.41) is 0. The molecule has 1 fully saturated rings. The fourth-order valence-corrected chi connectivity index (χ4v) is 1.91. The lowest BCUT2D eigenvalue weighted by Crippen LogP contribution is -2.42. The van der Waals surface area contributed by atoms with Crippen LogP contribution in [0.4, 0.5) is 13.2 Å². The number of ether oxygens (including phenoxy) is 5. The molecule has 1 saturated heterocycles. The summed E-state index contributed by atoms with van der Waals surface area (Å²) in [6.45, 7) is 2.01. The van der Waals surface area contributed by atoms with E-state index < -0.39 is 55.5 Å². The van der Waals surface area contributed by atoms with Crippen molar-refractivity contribution < 1.29 is 51.2 Å². The Morgan fingerprint density at radius 1 is 0.913 bits per heavy atom. The number of rotatable bonds is 5. The van der Waals surface area contributed by atoms with Crippen LogP contribution in [-0.2, 0) is 38.1 Å². The van der Waals surface area contributed by atoms with Crippen molar-refractivity contribution >= 4 is 17.9 Å². The van der Waals surface area contributed by atoms with E-state index in [4.69, 9.17) is 18.9 Å². The Balaban J connectivity index is 2.95. The second kappa shape index (κ2) is 7.59. The van der Waals surface area contributed by atoms with E-state index in [1.165, 1.54) is 0 Å². The predicted octanol–water partition coefficient (Wildman–Crippen LogP) is 0.674. The molecule has 1 aliphatic heterocycles. The first kappa shape index (κ1) is 19.2. The third-order valence-electron chi connectivity index (χ3n) is 2.56. The van der Waals surface area contributed by atoms with Crippen molar-refractivity contribution in [3.05, 3.63) is 0 Å². The Kier molecular flexibility index (Phi) is 6.33. The van der Waals surface area contributed by atoms with Gasteiger partial charge in [-0.05, 0) is 0 Å². The predicted molar refractivity (Wildman–Crippen MR) is 63.5 cm³/mol. The molecule has 132 valence electrons. The molecule has 1 aliphatic rings. The van der Waals surface area contributed by atoms with E-state index in [0.29, 0.717) is 0 Å². The van der Waals surface area contributed by atoms with E-state index in [1.807, 2.05) is 0 Å². The molecule has 0 saturated carbocycles. The highest BCUT2D eigenvalue weighted by Gasteiger charge is 2.52. The number of esters is 3. The molecule has 0 spiro atoms. The zero-order chi connectivity index (χ0) is 17.8. The molecule has 8 nitrogen and oxygen atoms in total. The topological polar surface area (TPSA) is 97.4 Å². The summed E-state index contributed by atoms with van der Waals surface area (Å²) in [6, 6.07) is 0. The van der Waals surface area contributed by atoms with Gasteiger partial charge in [0.2, 0.25) is 12.4 Å². The molecule has 0 aromatic rings. The van der Waals surface area contributed by atoms with Crippen molar-refractivity contribution in [2.24, 2.45) is 0 Å². The lowest BCUT2D eigenvalue weighted by molar-refractivity contribution is -0.334. The molecular weight excluding hydrogens is 329 g/mol. The average molecular weight is 344 g/mol. The molecule has 0 radical (unpaired) electrons. The molecule has 0 aromatic carbocycles. The summed E-state index contributed by atoms with van der Waals surface area (Å²) in [7, 11) is 0. The van der Waals surface area contributed by atoms with Gasteiger partial charge in [0.1, 0.15) is 6.10 Å². The molecule has 4 unspecified atom stereocenters. The summed E-state index contributed by atoms with van der Waals surface area (Å²) in [6.07, 6.45) is -10.8. The maximum Gasteiger partial charge on any atom is 0.522 e. The van der Waals surface area contributed by atoms with Gasteiger partial charge in [-0.2, -0.15) is 0 Å². The number of halogens is 3. The standard InChI is InChI=1S/C12H15F3O8/c1-5(16)20-9-8(4-19-12(13,14)15)23-11(22-7(3)18)10(9)21-6(2)17/h8-11H,4H2,1-3H3. The SMILES string of the molecule is CC(=O)OC1OC(COC(F)(F)F)C(OC(C)=O)C1OC(C)=O. The van der Waals surface area contributed by atoms with Gasteiger partial charge in [-0.25, -0.2) is 0 Å². The average Bonchev–Trinajstić information content (AvgIpc) is 2.63. The van der Waals surface area contributed by atoms with Crippen molar-refractivity contribution in [1.29, 1.82) is 0 Å². The molecule has 0 N–H and O–H groups in total. The maximum atomic E-state index is 12.2. The van der Waals surface area contributed by atoms with Gasteiger partial charge in [0.15, 0.2) is 6.10 Å². The van der Waals surface area contributed by atoms with Crippen LogP contribution in [0.5, 0.6) is 0 Å². The van der Waals surface area contributed by atoms with Crippen molar-refractivity contribution in [2.75, 3.05) is 6.61 Å². The lowest BCUT2D eigenvalue weighted by Gasteiger charge is -2.22. The highest BCUT2D eigenvalue weighted by atomic mass is 19.4. The molecule has 4 atom stereocenters. The van der Waals surface area contributed by atoms with Gasteiger partial charge in [0.25, 0.3) is 0 Å². The van der Waals surface area contributed by atoms with Crippen LogP contribution in [0.25, 0.3) is 0 Å². The number of carbonyl (C=O) groups is 3. The second-order valence-corrected chi connectivity index (χ2v) is 4.56. The van der Waals surface area contributed by atoms with Crippen LogP contribution in [0.2, 0.25) is 0 Å². The fourth-order valence-electron chi connectivity index (χ4n) is 1.91. The lowest BCUT2D eigenvalue weighted by atomic mass is 10.1. The van der Waals surface area contributed by atoms with E-state index in [2.05, 4.69) is 4.74 Å². The normalized spacial score (nSPS) is 27.4. The number of hydrogen-bond acceptors (Lipinski definition) is 8. The Morgan fingerprint density at radius 3 is 1.83 bits per heavy atom. The molecule has 11 heteroatoms. The zero-order valence-electron chi connectivity index (χ0n) is 12.4. The molecular formula is C12H15F3O8. The minimum Gasteiger partial charge on any atom is -0.455 e. The van der Waals surface area contributed by atoms with Crippen molar-refractivity contribution in [3.8, 4) is 0 Å². The monoisotopic (exact) mass is 344 g/mol. The summed E-state index contributed by atoms with van der Waals surface area (Å²) < 4.78 is 59.6. The smallest absolute Gasteiger partial charge is 0.455 e. The summed E-state index contributed by atoms with van der Waals surface area (Å²) >= 11 is 0. The van der Waals surface area contributed by atoms with E-state index in [0.717, 1.165) is 20.8 Å². The molecule has 0 aromatic heterocycles. The second-order valence-electron chi connectivity index (χ2n) is 4.56. The van der Waals surface area contributed by atoms with E-state index in [1.54, 1.807) is 0 Å². The van der Waals surface area contributed by atoms with Crippen LogP contribution >= 0.6 is 0 Å². The van der Waals surface area contributed by atoms with E-state index in [9.17, 15) is 27.6 Å². The minimum absolute atomic E-state index is 0.828.